The highest BCUT2D eigenvalue weighted by molar-refractivity contribution is 8.09. The molecule has 1 atom stereocenters. The molecule has 5 nitrogen and oxygen atoms in total. The molecule has 0 aromatic heterocycles. The Labute approximate surface area is 68.1 Å². The molecule has 0 amide bonds. The quantitative estimate of drug-likeness (QED) is 0.525. The molecule has 3 N–H and O–H groups in total. The van der Waals surface area contributed by atoms with E-state index in [1.165, 1.54) is 6.07 Å². The van der Waals surface area contributed by atoms with Crippen molar-refractivity contribution >= 4 is 24.3 Å². The summed E-state index contributed by atoms with van der Waals surface area (Å²) in [6, 6.07) is 1.40. The second-order valence-corrected chi connectivity index (χ2v) is 5.32. The van der Waals surface area contributed by atoms with Gasteiger partial charge in [-0.05, 0) is 11.8 Å². The fourth-order valence-corrected chi connectivity index (χ4v) is 1.57. The van der Waals surface area contributed by atoms with Gasteiger partial charge in [0.05, 0.1) is 6.07 Å². The van der Waals surface area contributed by atoms with Crippen molar-refractivity contribution in [1.29, 1.82) is 5.26 Å². The lowest BCUT2D eigenvalue weighted by Gasteiger charge is -2.07. The predicted octanol–water partition coefficient (Wildman–Crippen LogP) is -0.495. The molecule has 0 fully saturated rings. The van der Waals surface area contributed by atoms with Crippen LogP contribution in [0.4, 0.5) is 0 Å². The number of carboxylic acid groups (broad SMARTS) is 1. The van der Waals surface area contributed by atoms with Gasteiger partial charge in [-0.25, -0.2) is 0 Å². The summed E-state index contributed by atoms with van der Waals surface area (Å²) >= 11 is 4.15. The summed E-state index contributed by atoms with van der Waals surface area (Å²) in [5, 5.41) is 16.4. The fourth-order valence-electron chi connectivity index (χ4n) is 0.412. The van der Waals surface area contributed by atoms with Gasteiger partial charge in [-0.1, -0.05) is 0 Å². The van der Waals surface area contributed by atoms with Gasteiger partial charge in [0.15, 0.2) is 12.4 Å². The normalized spacial score (nSPS) is 13.5. The van der Waals surface area contributed by atoms with Gasteiger partial charge in [-0.3, -0.25) is 4.79 Å². The Hall–Kier alpha value is -0.470. The minimum absolute atomic E-state index is 0.561. The molecule has 0 heterocycles. The first-order valence-electron chi connectivity index (χ1n) is 2.54. The van der Waals surface area contributed by atoms with Crippen molar-refractivity contribution < 1.29 is 19.7 Å². The molecule has 0 radical (unpaired) electrons. The first-order chi connectivity index (χ1) is 4.87. The lowest BCUT2D eigenvalue weighted by atomic mass is 10.2. The maximum Gasteiger partial charge on any atom is 0.321 e. The highest BCUT2D eigenvalue weighted by Gasteiger charge is 2.23. The third-order valence-electron chi connectivity index (χ3n) is 0.874. The molecule has 0 spiro atoms. The second-order valence-electron chi connectivity index (χ2n) is 1.87. The van der Waals surface area contributed by atoms with Crippen molar-refractivity contribution in [3.63, 3.8) is 0 Å². The summed E-state index contributed by atoms with van der Waals surface area (Å²) < 4.78 is 0. The van der Waals surface area contributed by atoms with Gasteiger partial charge < -0.3 is 14.9 Å². The highest BCUT2D eigenvalue weighted by Crippen LogP contribution is 2.37. The van der Waals surface area contributed by atoms with Crippen LogP contribution in [0.2, 0.25) is 0 Å². The van der Waals surface area contributed by atoms with Gasteiger partial charge in [-0.15, -0.1) is 0 Å². The predicted molar refractivity (Wildman–Crippen MR) is 40.3 cm³/mol. The summed E-state index contributed by atoms with van der Waals surface area (Å²) in [5.41, 5.74) is 0. The van der Waals surface area contributed by atoms with Gasteiger partial charge >= 0.3 is 5.97 Å². The van der Waals surface area contributed by atoms with E-state index in [0.29, 0.717) is 0 Å². The van der Waals surface area contributed by atoms with Crippen molar-refractivity contribution in [1.82, 2.24) is 0 Å². The molecule has 0 rings (SSSR count). The second kappa shape index (κ2) is 3.79. The smallest absolute Gasteiger partial charge is 0.321 e. The number of hydrogen-bond donors (Lipinski definition) is 3. The van der Waals surface area contributed by atoms with Gasteiger partial charge in [0.25, 0.3) is 0 Å². The maximum atomic E-state index is 10.1. The minimum atomic E-state index is -3.56. The van der Waals surface area contributed by atoms with Crippen LogP contribution in [0.3, 0.4) is 0 Å². The third kappa shape index (κ3) is 4.87. The summed E-state index contributed by atoms with van der Waals surface area (Å²) in [6.07, 6.45) is -0.561. The Morgan fingerprint density at radius 3 is 2.27 bits per heavy atom. The number of nitrogens with zero attached hydrogens (tertiary/aromatic N) is 1. The number of aliphatic carboxylic acids is 1. The van der Waals surface area contributed by atoms with Gasteiger partial charge in [0.2, 0.25) is 0 Å². The number of carboxylic acids is 1. The molecule has 11 heavy (non-hydrogen) atoms. The summed E-state index contributed by atoms with van der Waals surface area (Å²) in [4.78, 5) is 27.4. The summed E-state index contributed by atoms with van der Waals surface area (Å²) in [7, 11) is 0. The largest absolute Gasteiger partial charge is 0.480 e. The number of hydrogen-bond acceptors (Lipinski definition) is 3. The van der Waals surface area contributed by atoms with Gasteiger partial charge in [-0.2, -0.15) is 5.26 Å². The van der Waals surface area contributed by atoms with E-state index in [-0.39, 0.29) is 0 Å². The van der Waals surface area contributed by atoms with Crippen LogP contribution in [0.5, 0.6) is 0 Å². The first-order valence-corrected chi connectivity index (χ1v) is 5.43. The van der Waals surface area contributed by atoms with Crippen molar-refractivity contribution in [2.45, 2.75) is 0 Å². The number of nitriles is 1. The zero-order chi connectivity index (χ0) is 9.07. The molecule has 0 bridgehead atoms. The molecule has 0 saturated heterocycles. The number of rotatable bonds is 3. The molecule has 0 aromatic rings. The Morgan fingerprint density at radius 1 is 1.73 bits per heavy atom. The molecule has 1 unspecified atom stereocenters. The molecule has 0 saturated carbocycles. The van der Waals surface area contributed by atoms with Crippen molar-refractivity contribution in [3.8, 4) is 6.07 Å². The van der Waals surface area contributed by atoms with Crippen LogP contribution < -0.4 is 0 Å². The summed E-state index contributed by atoms with van der Waals surface area (Å²) in [6.45, 7) is -3.56. The van der Waals surface area contributed by atoms with E-state index in [1.807, 2.05) is 0 Å². The van der Waals surface area contributed by atoms with E-state index in [0.717, 1.165) is 0 Å². The van der Waals surface area contributed by atoms with E-state index in [9.17, 15) is 4.79 Å². The molecular weight excluding hydrogens is 189 g/mol. The van der Waals surface area contributed by atoms with E-state index in [4.69, 9.17) is 20.2 Å². The Balaban J connectivity index is 4.25. The molecule has 62 valence electrons. The Kier molecular flexibility index (Phi) is 3.63. The highest BCUT2D eigenvalue weighted by atomic mass is 32.5. The van der Waals surface area contributed by atoms with Crippen molar-refractivity contribution in [3.05, 3.63) is 0 Å². The zero-order valence-corrected chi connectivity index (χ0v) is 7.05. The van der Waals surface area contributed by atoms with Crippen LogP contribution in [0, 0.1) is 17.2 Å². The molecule has 0 aliphatic carbocycles. The Bertz CT molecular complexity index is 241. The van der Waals surface area contributed by atoms with Crippen molar-refractivity contribution in [2.24, 2.45) is 5.92 Å². The zero-order valence-electron chi connectivity index (χ0n) is 5.34. The fraction of sp³-hybridized carbons (Fsp3) is 0.500. The first kappa shape index (κ1) is 10.5. The van der Waals surface area contributed by atoms with Crippen LogP contribution in [0.25, 0.3) is 0 Å². The number of carbonyl (C=O) groups is 1. The van der Waals surface area contributed by atoms with Crippen LogP contribution in [0.15, 0.2) is 0 Å². The Morgan fingerprint density at radius 2 is 2.18 bits per heavy atom. The standard InChI is InChI=1S/C4H6NO4PS/c5-1-3(4(6)7)2-10(8,9)11/h3H,2H2,(H,6,7)(H2,8,9,11). The average Bonchev–Trinajstić information content (AvgIpc) is 1.80. The van der Waals surface area contributed by atoms with Gasteiger partial charge in [0, 0.05) is 6.16 Å². The minimum Gasteiger partial charge on any atom is -0.480 e. The van der Waals surface area contributed by atoms with Gasteiger partial charge in [0.1, 0.15) is 0 Å². The molecule has 0 aliphatic heterocycles. The lowest BCUT2D eigenvalue weighted by molar-refractivity contribution is -0.139. The van der Waals surface area contributed by atoms with Crippen LogP contribution in [-0.4, -0.2) is 27.0 Å². The monoisotopic (exact) mass is 195 g/mol. The summed E-state index contributed by atoms with van der Waals surface area (Å²) in [5.74, 6) is -2.80. The topological polar surface area (TPSA) is 102 Å². The van der Waals surface area contributed by atoms with E-state index in [2.05, 4.69) is 11.8 Å². The SMILES string of the molecule is N#CC(CP(O)(O)=S)C(=O)O. The molecule has 0 aliphatic rings. The van der Waals surface area contributed by atoms with Crippen LogP contribution >= 0.6 is 6.49 Å². The van der Waals surface area contributed by atoms with E-state index >= 15 is 0 Å². The van der Waals surface area contributed by atoms with E-state index in [1.54, 1.807) is 0 Å². The maximum absolute atomic E-state index is 10.1. The lowest BCUT2D eigenvalue weighted by Crippen LogP contribution is -2.15. The van der Waals surface area contributed by atoms with Crippen molar-refractivity contribution in [2.75, 3.05) is 6.16 Å². The molecular formula is C4H6NO4PS. The van der Waals surface area contributed by atoms with Crippen LogP contribution in [0.1, 0.15) is 0 Å². The molecule has 7 heteroatoms. The van der Waals surface area contributed by atoms with E-state index < -0.39 is 24.5 Å². The third-order valence-corrected chi connectivity index (χ3v) is 2.16. The average molecular weight is 195 g/mol. The van der Waals surface area contributed by atoms with Crippen LogP contribution in [-0.2, 0) is 16.6 Å². The molecule has 0 aromatic carbocycles.